The number of H-pyrrole nitrogens is 1. The molecule has 1 aliphatic heterocycles. The van der Waals surface area contributed by atoms with Gasteiger partial charge >= 0.3 is 0 Å². The van der Waals surface area contributed by atoms with E-state index in [-0.39, 0.29) is 30.4 Å². The van der Waals surface area contributed by atoms with E-state index in [0.29, 0.717) is 0 Å². The van der Waals surface area contributed by atoms with Crippen molar-refractivity contribution >= 4 is 24.8 Å². The first-order valence-corrected chi connectivity index (χ1v) is 6.78. The first-order valence-electron chi connectivity index (χ1n) is 6.78. The lowest BCUT2D eigenvalue weighted by molar-refractivity contribution is 0.279. The molecule has 0 saturated heterocycles. The van der Waals surface area contributed by atoms with Crippen LogP contribution in [0.1, 0.15) is 16.8 Å². The quantitative estimate of drug-likeness (QED) is 0.921. The number of hydrogen-bond acceptors (Lipinski definition) is 2. The molecule has 0 atom stereocenters. The molecule has 3 nitrogen and oxygen atoms in total. The van der Waals surface area contributed by atoms with Crippen molar-refractivity contribution in [1.29, 1.82) is 0 Å². The number of aromatic nitrogens is 1. The maximum atomic E-state index is 11.4. The molecular weight excluding hydrogens is 307 g/mol. The lowest BCUT2D eigenvalue weighted by Gasteiger charge is -2.19. The van der Waals surface area contributed by atoms with E-state index < -0.39 is 0 Å². The van der Waals surface area contributed by atoms with Gasteiger partial charge in [-0.3, -0.25) is 9.69 Å². The van der Waals surface area contributed by atoms with E-state index in [1.807, 2.05) is 12.1 Å². The van der Waals surface area contributed by atoms with Crippen molar-refractivity contribution in [1.82, 2.24) is 9.88 Å². The van der Waals surface area contributed by atoms with E-state index in [0.717, 1.165) is 38.2 Å². The number of pyridine rings is 1. The van der Waals surface area contributed by atoms with E-state index in [4.69, 9.17) is 0 Å². The Kier molecular flexibility index (Phi) is 6.96. The van der Waals surface area contributed by atoms with Crippen LogP contribution in [-0.2, 0) is 19.4 Å². The normalized spacial score (nSPS) is 14.3. The fraction of sp³-hybridized carbons (Fsp3) is 0.312. The molecule has 3 rings (SSSR count). The number of halogens is 2. The van der Waals surface area contributed by atoms with Gasteiger partial charge in [0.2, 0.25) is 5.56 Å². The van der Waals surface area contributed by atoms with Crippen LogP contribution in [0.3, 0.4) is 0 Å². The molecule has 0 amide bonds. The van der Waals surface area contributed by atoms with Gasteiger partial charge in [0, 0.05) is 37.8 Å². The third-order valence-electron chi connectivity index (χ3n) is 3.72. The molecule has 0 unspecified atom stereocenters. The molecule has 5 heteroatoms. The molecule has 2 heterocycles. The smallest absolute Gasteiger partial charge is 0.248 e. The molecule has 1 aromatic carbocycles. The standard InChI is InChI=1S/C16H18N2O.2ClH/c19-16-7-6-14-8-10-18(11-9-15(14)17-16)12-13-4-2-1-3-5-13;;/h1-7H,8-12H2,(H,17,19);2*1H. The number of hydrogen-bond donors (Lipinski definition) is 1. The zero-order valence-corrected chi connectivity index (χ0v) is 13.4. The van der Waals surface area contributed by atoms with Crippen LogP contribution in [0, 0.1) is 0 Å². The molecule has 1 N–H and O–H groups in total. The average molecular weight is 327 g/mol. The van der Waals surface area contributed by atoms with Crippen LogP contribution in [0.4, 0.5) is 0 Å². The SMILES string of the molecule is Cl.Cl.O=c1ccc2c([nH]1)CCN(Cc1ccccc1)CC2. The summed E-state index contributed by atoms with van der Waals surface area (Å²) in [6, 6.07) is 14.1. The highest BCUT2D eigenvalue weighted by molar-refractivity contribution is 5.85. The largest absolute Gasteiger partial charge is 0.326 e. The van der Waals surface area contributed by atoms with Gasteiger partial charge in [0.15, 0.2) is 0 Å². The van der Waals surface area contributed by atoms with Gasteiger partial charge in [0.05, 0.1) is 0 Å². The Balaban J connectivity index is 0.00000110. The summed E-state index contributed by atoms with van der Waals surface area (Å²) in [5.41, 5.74) is 3.76. The number of rotatable bonds is 2. The highest BCUT2D eigenvalue weighted by atomic mass is 35.5. The lowest BCUT2D eigenvalue weighted by Crippen LogP contribution is -2.25. The van der Waals surface area contributed by atoms with E-state index in [9.17, 15) is 4.79 Å². The number of nitrogens with zero attached hydrogens (tertiary/aromatic N) is 1. The molecule has 0 bridgehead atoms. The Morgan fingerprint density at radius 2 is 1.67 bits per heavy atom. The molecule has 0 aliphatic carbocycles. The Labute approximate surface area is 137 Å². The molecule has 1 aromatic heterocycles. The Hall–Kier alpha value is -1.29. The summed E-state index contributed by atoms with van der Waals surface area (Å²) >= 11 is 0. The third-order valence-corrected chi connectivity index (χ3v) is 3.72. The van der Waals surface area contributed by atoms with Crippen molar-refractivity contribution in [2.45, 2.75) is 19.4 Å². The molecule has 0 saturated carbocycles. The molecule has 0 radical (unpaired) electrons. The minimum atomic E-state index is 0. The minimum absolute atomic E-state index is 0. The zero-order valence-electron chi connectivity index (χ0n) is 11.7. The van der Waals surface area contributed by atoms with Crippen molar-refractivity contribution in [3.05, 3.63) is 69.6 Å². The van der Waals surface area contributed by atoms with E-state index >= 15 is 0 Å². The van der Waals surface area contributed by atoms with Gasteiger partial charge < -0.3 is 4.98 Å². The van der Waals surface area contributed by atoms with Crippen molar-refractivity contribution in [2.75, 3.05) is 13.1 Å². The van der Waals surface area contributed by atoms with Crippen LogP contribution in [0.15, 0.2) is 47.3 Å². The fourth-order valence-corrected chi connectivity index (χ4v) is 2.66. The summed E-state index contributed by atoms with van der Waals surface area (Å²) in [6.07, 6.45) is 1.94. The number of aromatic amines is 1. The van der Waals surface area contributed by atoms with Crippen LogP contribution < -0.4 is 5.56 Å². The van der Waals surface area contributed by atoms with Crippen molar-refractivity contribution in [3.63, 3.8) is 0 Å². The van der Waals surface area contributed by atoms with E-state index in [1.165, 1.54) is 11.1 Å². The summed E-state index contributed by atoms with van der Waals surface area (Å²) in [6.45, 7) is 3.04. The summed E-state index contributed by atoms with van der Waals surface area (Å²) in [7, 11) is 0. The van der Waals surface area contributed by atoms with Crippen molar-refractivity contribution < 1.29 is 0 Å². The number of benzene rings is 1. The molecule has 114 valence electrons. The minimum Gasteiger partial charge on any atom is -0.326 e. The van der Waals surface area contributed by atoms with Crippen LogP contribution in [0.25, 0.3) is 0 Å². The van der Waals surface area contributed by atoms with E-state index in [1.54, 1.807) is 6.07 Å². The number of fused-ring (bicyclic) bond motifs is 1. The first-order chi connectivity index (χ1) is 9.31. The maximum absolute atomic E-state index is 11.4. The summed E-state index contributed by atoms with van der Waals surface area (Å²) in [5.74, 6) is 0. The topological polar surface area (TPSA) is 36.1 Å². The number of nitrogens with one attached hydrogen (secondary N) is 1. The van der Waals surface area contributed by atoms with Crippen LogP contribution in [0.5, 0.6) is 0 Å². The average Bonchev–Trinajstić information content (AvgIpc) is 2.63. The van der Waals surface area contributed by atoms with Crippen LogP contribution >= 0.6 is 24.8 Å². The van der Waals surface area contributed by atoms with Gasteiger partial charge in [0.1, 0.15) is 0 Å². The second-order valence-electron chi connectivity index (χ2n) is 5.09. The molecule has 1 aliphatic rings. The van der Waals surface area contributed by atoms with Crippen LogP contribution in [0.2, 0.25) is 0 Å². The molecule has 0 spiro atoms. The van der Waals surface area contributed by atoms with Gasteiger partial charge in [-0.1, -0.05) is 36.4 Å². The predicted molar refractivity (Wildman–Crippen MR) is 90.7 cm³/mol. The predicted octanol–water partition coefficient (Wildman–Crippen LogP) is 2.82. The molecule has 21 heavy (non-hydrogen) atoms. The lowest BCUT2D eigenvalue weighted by atomic mass is 10.1. The molecule has 2 aromatic rings. The highest BCUT2D eigenvalue weighted by Gasteiger charge is 2.14. The van der Waals surface area contributed by atoms with Gasteiger partial charge in [0.25, 0.3) is 0 Å². The van der Waals surface area contributed by atoms with Crippen molar-refractivity contribution in [2.24, 2.45) is 0 Å². The van der Waals surface area contributed by atoms with Gasteiger partial charge in [-0.05, 0) is 17.5 Å². The van der Waals surface area contributed by atoms with Crippen molar-refractivity contribution in [3.8, 4) is 0 Å². The van der Waals surface area contributed by atoms with Gasteiger partial charge in [-0.15, -0.1) is 24.8 Å². The first kappa shape index (κ1) is 17.8. The van der Waals surface area contributed by atoms with Gasteiger partial charge in [-0.25, -0.2) is 0 Å². The highest BCUT2D eigenvalue weighted by Crippen LogP contribution is 2.14. The second kappa shape index (κ2) is 8.23. The zero-order chi connectivity index (χ0) is 13.1. The molecular formula is C16H20Cl2N2O. The monoisotopic (exact) mass is 326 g/mol. The Morgan fingerprint density at radius 1 is 0.952 bits per heavy atom. The third kappa shape index (κ3) is 4.60. The van der Waals surface area contributed by atoms with Gasteiger partial charge in [-0.2, -0.15) is 0 Å². The summed E-state index contributed by atoms with van der Waals surface area (Å²) < 4.78 is 0. The second-order valence-corrected chi connectivity index (χ2v) is 5.09. The summed E-state index contributed by atoms with van der Waals surface area (Å²) in [5, 5.41) is 0. The van der Waals surface area contributed by atoms with Crippen LogP contribution in [-0.4, -0.2) is 23.0 Å². The molecule has 0 fully saturated rings. The fourth-order valence-electron chi connectivity index (χ4n) is 2.66. The summed E-state index contributed by atoms with van der Waals surface area (Å²) in [4.78, 5) is 16.8. The Bertz CT molecular complexity index is 613. The Morgan fingerprint density at radius 3 is 2.43 bits per heavy atom. The van der Waals surface area contributed by atoms with E-state index in [2.05, 4.69) is 34.1 Å². The maximum Gasteiger partial charge on any atom is 0.248 e.